The fraction of sp³-hybridized carbons (Fsp3) is 0.333. The Hall–Kier alpha value is -1.91. The molecule has 0 amide bonds. The molecule has 1 fully saturated rings. The van der Waals surface area contributed by atoms with Crippen molar-refractivity contribution in [2.45, 2.75) is 117 Å². The molecule has 0 spiro atoms. The molecule has 1 aliphatic rings. The average molecular weight is 1370 g/mol. The van der Waals surface area contributed by atoms with Gasteiger partial charge in [-0.25, -0.2) is 0 Å². The van der Waals surface area contributed by atoms with E-state index in [9.17, 15) is 0 Å². The minimum absolute atomic E-state index is 0.0655. The Labute approximate surface area is 447 Å². The highest BCUT2D eigenvalue weighted by Gasteiger charge is 2.42. The summed E-state index contributed by atoms with van der Waals surface area (Å²) < 4.78 is 46.5. The fourth-order valence-corrected chi connectivity index (χ4v) is 14.5. The van der Waals surface area contributed by atoms with Gasteiger partial charge >= 0.3 is 16.8 Å². The zero-order chi connectivity index (χ0) is 46.5. The second kappa shape index (κ2) is 22.9. The molecule has 2 unspecified atom stereocenters. The Balaban J connectivity index is 1.31. The minimum Gasteiger partial charge on any atom is -0.425 e. The zero-order valence-electron chi connectivity index (χ0n) is 38.3. The molecule has 1 aliphatic heterocycles. The number of aryl methyl sites for hydroxylation is 3. The molecule has 1 saturated heterocycles. The quantitative estimate of drug-likeness (QED) is 0.0710. The maximum Gasteiger partial charge on any atom is 0.453 e. The van der Waals surface area contributed by atoms with Crippen LogP contribution in [-0.4, -0.2) is 0 Å². The second-order valence-electron chi connectivity index (χ2n) is 17.9. The zero-order valence-corrected chi connectivity index (χ0v) is 48.7. The molecule has 6 aromatic carbocycles. The molecule has 12 heteroatoms. The van der Waals surface area contributed by atoms with E-state index in [1.807, 2.05) is 36.4 Å². The summed E-state index contributed by atoms with van der Waals surface area (Å²) in [5.41, 5.74) is 10.4. The molecule has 0 radical (unpaired) electrons. The van der Waals surface area contributed by atoms with Crippen LogP contribution in [0.2, 0.25) is 0 Å². The van der Waals surface area contributed by atoms with E-state index in [0.29, 0.717) is 5.75 Å². The minimum atomic E-state index is -2.00. The van der Waals surface area contributed by atoms with E-state index in [2.05, 4.69) is 205 Å². The first-order valence-corrected chi connectivity index (χ1v) is 29.4. The Morgan fingerprint density at radius 2 is 1.09 bits per heavy atom. The van der Waals surface area contributed by atoms with Gasteiger partial charge in [0.25, 0.3) is 0 Å². The SMILES string of the molecule is CCCCc1cc(CCCC)c2op(Oc3c(CCCC)cc(I)cc3-c3cc(I)cc(I)c3OP3O[C@H](c4ccccc4)[C@H](c4ccccc4)O3)oc3c(I)cc(C(C)(C)C)cc3c2c1. The monoisotopic (exact) mass is 1370 g/mol. The molecule has 7 aromatic rings. The molecule has 66 heavy (non-hydrogen) atoms. The molecule has 0 N–H and O–H groups in total. The number of fused-ring (bicyclic) bond motifs is 3. The number of rotatable bonds is 16. The number of hydrogen-bond acceptors (Lipinski definition) is 6. The average Bonchev–Trinajstić information content (AvgIpc) is 3.66. The largest absolute Gasteiger partial charge is 0.453 e. The van der Waals surface area contributed by atoms with E-state index in [4.69, 9.17) is 26.5 Å². The van der Waals surface area contributed by atoms with Crippen LogP contribution in [0.3, 0.4) is 0 Å². The Morgan fingerprint density at radius 3 is 1.70 bits per heavy atom. The van der Waals surface area contributed by atoms with Crippen LogP contribution in [0, 0.1) is 14.3 Å². The first-order chi connectivity index (χ1) is 31.8. The van der Waals surface area contributed by atoms with Gasteiger partial charge in [0.1, 0.15) is 29.3 Å². The van der Waals surface area contributed by atoms with Crippen molar-refractivity contribution in [2.75, 3.05) is 0 Å². The first-order valence-electron chi connectivity index (χ1n) is 22.9. The lowest BCUT2D eigenvalue weighted by atomic mass is 9.86. The molecule has 346 valence electrons. The lowest BCUT2D eigenvalue weighted by molar-refractivity contribution is 0.159. The fourth-order valence-electron chi connectivity index (χ4n) is 8.30. The summed E-state index contributed by atoms with van der Waals surface area (Å²) in [4.78, 5) is 0. The van der Waals surface area contributed by atoms with Crippen LogP contribution >= 0.6 is 107 Å². The lowest BCUT2D eigenvalue weighted by Gasteiger charge is -2.20. The van der Waals surface area contributed by atoms with Crippen LogP contribution in [-0.2, 0) is 33.7 Å². The van der Waals surface area contributed by atoms with E-state index in [0.717, 1.165) is 128 Å². The van der Waals surface area contributed by atoms with Crippen molar-refractivity contribution in [1.82, 2.24) is 0 Å². The van der Waals surface area contributed by atoms with Gasteiger partial charge in [0.15, 0.2) is 5.58 Å². The van der Waals surface area contributed by atoms with Gasteiger partial charge in [0.05, 0.1) is 7.14 Å². The maximum atomic E-state index is 7.38. The molecule has 1 aromatic heterocycles. The highest BCUT2D eigenvalue weighted by atomic mass is 127. The summed E-state index contributed by atoms with van der Waals surface area (Å²) >= 11 is 9.69. The van der Waals surface area contributed by atoms with Crippen molar-refractivity contribution >= 4 is 129 Å². The summed E-state index contributed by atoms with van der Waals surface area (Å²) in [5.74, 6) is 1.43. The van der Waals surface area contributed by atoms with Crippen molar-refractivity contribution in [2.24, 2.45) is 0 Å². The summed E-state index contributed by atoms with van der Waals surface area (Å²) in [6.07, 6.45) is 8.53. The number of unbranched alkanes of at least 4 members (excludes halogenated alkanes) is 3. The van der Waals surface area contributed by atoms with Crippen molar-refractivity contribution in [3.05, 3.63) is 157 Å². The number of benzene rings is 6. The molecule has 0 aliphatic carbocycles. The van der Waals surface area contributed by atoms with Gasteiger partial charge in [-0.05, 0) is 210 Å². The number of hydrogen-bond donors (Lipinski definition) is 0. The third kappa shape index (κ3) is 11.8. The van der Waals surface area contributed by atoms with Gasteiger partial charge in [-0.2, -0.15) is 0 Å². The van der Waals surface area contributed by atoms with E-state index >= 15 is 0 Å². The highest BCUT2D eigenvalue weighted by Crippen LogP contribution is 2.61. The van der Waals surface area contributed by atoms with Crippen LogP contribution in [0.25, 0.3) is 33.1 Å². The predicted octanol–water partition coefficient (Wildman–Crippen LogP) is 19.7. The van der Waals surface area contributed by atoms with E-state index in [1.54, 1.807) is 0 Å². The molecule has 0 saturated carbocycles. The topological polar surface area (TPSA) is 63.2 Å². The molecule has 6 nitrogen and oxygen atoms in total. The standard InChI is InChI=1S/C54H56I4O6P2/c1-7-10-19-34-26-37(20-11-8-2)48-42(27-34)43-29-39(54(4,5)6)30-46(57)52(43)63-65(59-48)60-49-38(21-12-9-3)28-40(55)31-44(49)45-32-41(56)33-47(58)53(45)64-66-61-50(35-22-15-13-16-23-35)51(62-66)36-24-17-14-18-25-36/h13-18,22-33,50-51H,7-12,19-21H2,1-6H3/t50-,51+,65?,66?. The third-order valence-electron chi connectivity index (χ3n) is 11.9. The summed E-state index contributed by atoms with van der Waals surface area (Å²) in [5, 5.41) is 2.14. The van der Waals surface area contributed by atoms with E-state index in [1.165, 1.54) is 16.7 Å². The van der Waals surface area contributed by atoms with Gasteiger partial charge in [0.2, 0.25) is 0 Å². The Bertz CT molecular complexity index is 2800. The van der Waals surface area contributed by atoms with Crippen LogP contribution < -0.4 is 9.05 Å². The third-order valence-corrected chi connectivity index (χ3v) is 16.8. The van der Waals surface area contributed by atoms with Crippen molar-refractivity contribution in [3.63, 3.8) is 0 Å². The Morgan fingerprint density at radius 1 is 0.545 bits per heavy atom. The smallest absolute Gasteiger partial charge is 0.425 e. The van der Waals surface area contributed by atoms with Gasteiger partial charge in [-0.3, -0.25) is 9.05 Å². The predicted molar refractivity (Wildman–Crippen MR) is 308 cm³/mol. The van der Waals surface area contributed by atoms with Crippen molar-refractivity contribution in [3.8, 4) is 22.6 Å². The lowest BCUT2D eigenvalue weighted by Crippen LogP contribution is -2.11. The van der Waals surface area contributed by atoms with Crippen LogP contribution in [0.5, 0.6) is 11.5 Å². The molecular weight excluding hydrogens is 1310 g/mol. The van der Waals surface area contributed by atoms with Gasteiger partial charge in [0, 0.05) is 29.0 Å². The first kappa shape index (κ1) is 50.5. The summed E-state index contributed by atoms with van der Waals surface area (Å²) in [7, 11) is -3.82. The van der Waals surface area contributed by atoms with Crippen molar-refractivity contribution < 1.29 is 26.5 Å². The van der Waals surface area contributed by atoms with Crippen LogP contribution in [0.1, 0.15) is 126 Å². The van der Waals surface area contributed by atoms with E-state index in [-0.39, 0.29) is 17.6 Å². The van der Waals surface area contributed by atoms with E-state index < -0.39 is 16.8 Å². The summed E-state index contributed by atoms with van der Waals surface area (Å²) in [6.45, 7) is 13.6. The molecule has 2 heterocycles. The van der Waals surface area contributed by atoms with Crippen LogP contribution in [0.15, 0.2) is 118 Å². The van der Waals surface area contributed by atoms with Gasteiger partial charge in [-0.15, -0.1) is 0 Å². The summed E-state index contributed by atoms with van der Waals surface area (Å²) in [6, 6.07) is 38.7. The second-order valence-corrected chi connectivity index (χ2v) is 24.8. The highest BCUT2D eigenvalue weighted by molar-refractivity contribution is 14.1. The van der Waals surface area contributed by atoms with Crippen molar-refractivity contribution in [1.29, 1.82) is 0 Å². The molecule has 8 rings (SSSR count). The van der Waals surface area contributed by atoms with Gasteiger partial charge < -0.3 is 17.4 Å². The molecular formula is C54H56I4O6P2. The Kier molecular flexibility index (Phi) is 17.5. The number of halogens is 4. The molecule has 4 atom stereocenters. The normalized spacial score (nSPS) is 16.6. The van der Waals surface area contributed by atoms with Gasteiger partial charge in [-0.1, -0.05) is 128 Å². The maximum absolute atomic E-state index is 7.38. The van der Waals surface area contributed by atoms with Crippen LogP contribution in [0.4, 0.5) is 0 Å². The molecule has 0 bridgehead atoms.